The zero-order valence-corrected chi connectivity index (χ0v) is 30.2. The summed E-state index contributed by atoms with van der Waals surface area (Å²) in [5.74, 6) is 0. The number of aromatic nitrogens is 1. The van der Waals surface area contributed by atoms with Gasteiger partial charge in [0.05, 0.1) is 22.2 Å². The number of rotatable bonds is 2. The van der Waals surface area contributed by atoms with Crippen LogP contribution < -0.4 is 5.46 Å². The Morgan fingerprint density at radius 3 is 2.08 bits per heavy atom. The SMILES string of the molecule is CC(C)(C)c1ccc2c(c1)c1c3c(sc4ccccc43)c(B3OC(C)(C)C(C)(C)O3)cc1n2-c1ccc2c(c1)-c1ccccc1C2(C)C. The molecule has 0 unspecified atom stereocenters. The molecule has 1 aliphatic heterocycles. The molecule has 0 atom stereocenters. The lowest BCUT2D eigenvalue weighted by Crippen LogP contribution is -2.41. The summed E-state index contributed by atoms with van der Waals surface area (Å²) in [6.07, 6.45) is 0. The lowest BCUT2D eigenvalue weighted by atomic mass is 9.77. The van der Waals surface area contributed by atoms with Gasteiger partial charge in [-0.05, 0) is 97.3 Å². The van der Waals surface area contributed by atoms with Crippen molar-refractivity contribution < 1.29 is 9.31 Å². The Labute approximate surface area is 287 Å². The Bertz CT molecular complexity index is 2470. The first-order valence-corrected chi connectivity index (χ1v) is 18.0. The van der Waals surface area contributed by atoms with Crippen molar-refractivity contribution in [1.29, 1.82) is 0 Å². The molecule has 1 aliphatic carbocycles. The summed E-state index contributed by atoms with van der Waals surface area (Å²) in [6.45, 7) is 20.2. The molecule has 0 spiro atoms. The first kappa shape index (κ1) is 30.2. The smallest absolute Gasteiger partial charge is 0.399 e. The van der Waals surface area contributed by atoms with Crippen LogP contribution in [0.5, 0.6) is 0 Å². The van der Waals surface area contributed by atoms with Crippen molar-refractivity contribution in [3.63, 3.8) is 0 Å². The van der Waals surface area contributed by atoms with E-state index in [2.05, 4.69) is 158 Å². The van der Waals surface area contributed by atoms with Gasteiger partial charge < -0.3 is 13.9 Å². The Kier molecular flexibility index (Phi) is 6.05. The third kappa shape index (κ3) is 4.02. The van der Waals surface area contributed by atoms with Crippen molar-refractivity contribution >= 4 is 65.9 Å². The molecule has 2 aliphatic rings. The monoisotopic (exact) mass is 647 g/mol. The highest BCUT2D eigenvalue weighted by Gasteiger charge is 2.52. The molecule has 0 radical (unpaired) electrons. The zero-order valence-electron chi connectivity index (χ0n) is 29.4. The van der Waals surface area contributed by atoms with Crippen molar-refractivity contribution in [3.05, 3.63) is 108 Å². The normalized spacial score (nSPS) is 18.0. The van der Waals surface area contributed by atoms with Gasteiger partial charge in [-0.15, -0.1) is 11.3 Å². The van der Waals surface area contributed by atoms with Gasteiger partial charge in [0, 0.05) is 47.5 Å². The van der Waals surface area contributed by atoms with Crippen molar-refractivity contribution in [1.82, 2.24) is 4.57 Å². The molecule has 5 heteroatoms. The van der Waals surface area contributed by atoms with E-state index >= 15 is 0 Å². The summed E-state index contributed by atoms with van der Waals surface area (Å²) in [4.78, 5) is 0. The van der Waals surface area contributed by atoms with Crippen LogP contribution in [-0.2, 0) is 20.1 Å². The summed E-state index contributed by atoms with van der Waals surface area (Å²) < 4.78 is 18.6. The number of fused-ring (bicyclic) bond motifs is 10. The molecule has 48 heavy (non-hydrogen) atoms. The fraction of sp³-hybridized carbons (Fsp3) is 0.302. The Morgan fingerprint density at radius 1 is 0.646 bits per heavy atom. The van der Waals surface area contributed by atoms with Crippen molar-refractivity contribution in [2.75, 3.05) is 0 Å². The predicted molar refractivity (Wildman–Crippen MR) is 206 cm³/mol. The lowest BCUT2D eigenvalue weighted by molar-refractivity contribution is 0.00578. The minimum atomic E-state index is -0.473. The standard InChI is InChI=1S/C43H42BNO2S/c1-40(2,3)25-18-21-34-30(22-25)37-35(45(34)26-19-20-32-29(23-26)27-14-10-12-16-31(27)41(32,4)5)24-33(44-46-42(6,7)43(8,9)47-44)39-38(37)28-15-11-13-17-36(28)48-39/h10-24H,1-9H3. The van der Waals surface area contributed by atoms with E-state index in [1.54, 1.807) is 0 Å². The molecular weight excluding hydrogens is 605 g/mol. The number of benzene rings is 5. The fourth-order valence-electron chi connectivity index (χ4n) is 8.16. The summed E-state index contributed by atoms with van der Waals surface area (Å²) in [7, 11) is -0.473. The second-order valence-electron chi connectivity index (χ2n) is 16.5. The van der Waals surface area contributed by atoms with E-state index in [1.807, 2.05) is 11.3 Å². The van der Waals surface area contributed by atoms with E-state index in [0.29, 0.717) is 0 Å². The molecule has 9 rings (SSSR count). The first-order chi connectivity index (χ1) is 22.7. The van der Waals surface area contributed by atoms with Crippen LogP contribution in [-0.4, -0.2) is 22.9 Å². The molecule has 3 nitrogen and oxygen atoms in total. The Balaban J connectivity index is 1.43. The van der Waals surface area contributed by atoms with Crippen LogP contribution in [0.25, 0.3) is 58.8 Å². The predicted octanol–water partition coefficient (Wildman–Crippen LogP) is 11.1. The minimum Gasteiger partial charge on any atom is -0.399 e. The minimum absolute atomic E-state index is 0.0178. The van der Waals surface area contributed by atoms with Gasteiger partial charge in [-0.2, -0.15) is 0 Å². The third-order valence-corrected chi connectivity index (χ3v) is 12.8. The topological polar surface area (TPSA) is 23.4 Å². The van der Waals surface area contributed by atoms with Crippen LogP contribution in [0.2, 0.25) is 0 Å². The zero-order chi connectivity index (χ0) is 33.5. The maximum atomic E-state index is 6.78. The molecular formula is C43H42BNO2S. The number of hydrogen-bond acceptors (Lipinski definition) is 3. The van der Waals surface area contributed by atoms with Gasteiger partial charge in [-0.25, -0.2) is 0 Å². The van der Waals surface area contributed by atoms with Gasteiger partial charge in [0.1, 0.15) is 0 Å². The van der Waals surface area contributed by atoms with E-state index in [-0.39, 0.29) is 10.8 Å². The van der Waals surface area contributed by atoms with Gasteiger partial charge in [0.2, 0.25) is 0 Å². The summed E-state index contributed by atoms with van der Waals surface area (Å²) in [6, 6.07) is 34.3. The molecule has 5 aromatic carbocycles. The second-order valence-corrected chi connectivity index (χ2v) is 17.5. The molecule has 1 saturated heterocycles. The van der Waals surface area contributed by atoms with Crippen molar-refractivity contribution in [2.45, 2.75) is 84.3 Å². The molecule has 0 amide bonds. The van der Waals surface area contributed by atoms with Crippen LogP contribution in [0, 0.1) is 0 Å². The highest BCUT2D eigenvalue weighted by atomic mass is 32.1. The molecule has 1 fully saturated rings. The van der Waals surface area contributed by atoms with Gasteiger partial charge in [0.25, 0.3) is 0 Å². The number of thiophene rings is 1. The molecule has 2 aromatic heterocycles. The molecule has 240 valence electrons. The fourth-order valence-corrected chi connectivity index (χ4v) is 9.39. The number of nitrogens with zero attached hydrogens (tertiary/aromatic N) is 1. The molecule has 0 saturated carbocycles. The van der Waals surface area contributed by atoms with Crippen molar-refractivity contribution in [3.8, 4) is 16.8 Å². The highest BCUT2D eigenvalue weighted by Crippen LogP contribution is 2.50. The molecule has 7 aromatic rings. The van der Waals surface area contributed by atoms with E-state index in [4.69, 9.17) is 9.31 Å². The highest BCUT2D eigenvalue weighted by molar-refractivity contribution is 7.27. The maximum Gasteiger partial charge on any atom is 0.496 e. The van der Waals surface area contributed by atoms with Crippen LogP contribution in [0.1, 0.15) is 79.0 Å². The van der Waals surface area contributed by atoms with Gasteiger partial charge in [0.15, 0.2) is 0 Å². The van der Waals surface area contributed by atoms with Crippen molar-refractivity contribution in [2.24, 2.45) is 0 Å². The summed E-state index contributed by atoms with van der Waals surface area (Å²) in [5, 5.41) is 5.16. The Hall–Kier alpha value is -3.90. The number of hydrogen-bond donors (Lipinski definition) is 0. The maximum absolute atomic E-state index is 6.78. The van der Waals surface area contributed by atoms with Gasteiger partial charge in [-0.1, -0.05) is 89.2 Å². The second kappa shape index (κ2) is 9.62. The van der Waals surface area contributed by atoms with Crippen LogP contribution >= 0.6 is 11.3 Å². The third-order valence-electron chi connectivity index (χ3n) is 11.6. The van der Waals surface area contributed by atoms with Crippen LogP contribution in [0.4, 0.5) is 0 Å². The summed E-state index contributed by atoms with van der Waals surface area (Å²) in [5.41, 5.74) is 10.5. The Morgan fingerprint density at radius 2 is 1.33 bits per heavy atom. The summed E-state index contributed by atoms with van der Waals surface area (Å²) >= 11 is 1.85. The molecule has 0 N–H and O–H groups in total. The first-order valence-electron chi connectivity index (χ1n) is 17.2. The average Bonchev–Trinajstić information content (AvgIpc) is 3.70. The van der Waals surface area contributed by atoms with E-state index in [9.17, 15) is 0 Å². The quantitative estimate of drug-likeness (QED) is 0.174. The van der Waals surface area contributed by atoms with Crippen LogP contribution in [0.3, 0.4) is 0 Å². The lowest BCUT2D eigenvalue weighted by Gasteiger charge is -2.32. The average molecular weight is 648 g/mol. The van der Waals surface area contributed by atoms with Gasteiger partial charge in [-0.3, -0.25) is 0 Å². The van der Waals surface area contributed by atoms with E-state index in [0.717, 1.165) is 5.46 Å². The van der Waals surface area contributed by atoms with E-state index < -0.39 is 18.3 Å². The van der Waals surface area contributed by atoms with Crippen LogP contribution in [0.15, 0.2) is 91.0 Å². The molecule has 0 bridgehead atoms. The van der Waals surface area contributed by atoms with E-state index in [1.165, 1.54) is 75.5 Å². The largest absolute Gasteiger partial charge is 0.496 e. The van der Waals surface area contributed by atoms with Gasteiger partial charge >= 0.3 is 7.12 Å². The molecule has 3 heterocycles.